The van der Waals surface area contributed by atoms with Crippen LogP contribution in [0.4, 0.5) is 0 Å². The molecule has 0 aliphatic carbocycles. The fraction of sp³-hybridized carbons (Fsp3) is 0.333. The molecule has 0 aromatic heterocycles. The Morgan fingerprint density at radius 3 is 0.300 bits per heavy atom. The van der Waals surface area contributed by atoms with E-state index in [1.807, 2.05) is 65.5 Å². The van der Waals surface area contributed by atoms with Crippen LogP contribution in [0.25, 0.3) is 0 Å². The standard InChI is InChI=1S/C30H60O10Si10/c1-21-41(11)31-42(12,22-2)33-44(14,24-4)35-46(16,26-6)37-48(18,28-8)39-50(20,30-10)40-49(19,29-9)38-47(17,27-7)36-45(15,25-5)34-43(13,23-3)32-41/h21-30H,1-10H2,11-20H3. The van der Waals surface area contributed by atoms with Crippen LogP contribution in [-0.2, 0) is 41.2 Å². The lowest BCUT2D eigenvalue weighted by molar-refractivity contribution is 0.254. The first kappa shape index (κ1) is 47.2. The lowest BCUT2D eigenvalue weighted by Gasteiger charge is -2.46. The third kappa shape index (κ3) is 12.6. The van der Waals surface area contributed by atoms with Crippen molar-refractivity contribution in [1.29, 1.82) is 0 Å². The molecule has 0 bridgehead atoms. The van der Waals surface area contributed by atoms with Gasteiger partial charge in [0.1, 0.15) is 0 Å². The molecule has 0 N–H and O–H groups in total. The summed E-state index contributed by atoms with van der Waals surface area (Å²) < 4.78 is 68.3. The summed E-state index contributed by atoms with van der Waals surface area (Å²) in [4.78, 5) is 0. The van der Waals surface area contributed by atoms with Crippen molar-refractivity contribution in [1.82, 2.24) is 0 Å². The van der Waals surface area contributed by atoms with Crippen LogP contribution < -0.4 is 0 Å². The van der Waals surface area contributed by atoms with Gasteiger partial charge in [-0.05, 0) is 65.5 Å². The summed E-state index contributed by atoms with van der Waals surface area (Å²) in [6, 6.07) is 0. The largest absolute Gasteiger partial charge is 0.410 e. The maximum Gasteiger partial charge on any atom is 0.344 e. The summed E-state index contributed by atoms with van der Waals surface area (Å²) in [6.45, 7) is 59.6. The Kier molecular flexibility index (Phi) is 16.1. The predicted octanol–water partition coefficient (Wildman–Crippen LogP) is 8.14. The molecule has 0 spiro atoms. The topological polar surface area (TPSA) is 92.3 Å². The molecule has 1 saturated heterocycles. The van der Waals surface area contributed by atoms with Crippen LogP contribution in [0.15, 0.2) is 123 Å². The van der Waals surface area contributed by atoms with Crippen molar-refractivity contribution in [3.8, 4) is 0 Å². The number of hydrogen-bond acceptors (Lipinski definition) is 10. The van der Waals surface area contributed by atoms with Gasteiger partial charge in [0, 0.05) is 0 Å². The van der Waals surface area contributed by atoms with E-state index in [9.17, 15) is 0 Å². The first-order valence-corrected chi connectivity index (χ1v) is 40.0. The van der Waals surface area contributed by atoms with Crippen molar-refractivity contribution in [3.05, 3.63) is 123 Å². The highest BCUT2D eigenvalue weighted by atomic mass is 28.5. The molecule has 50 heavy (non-hydrogen) atoms. The maximum absolute atomic E-state index is 6.83. The average molecular weight is 862 g/mol. The van der Waals surface area contributed by atoms with Crippen molar-refractivity contribution in [2.45, 2.75) is 65.5 Å². The van der Waals surface area contributed by atoms with Crippen molar-refractivity contribution < 1.29 is 41.2 Å². The molecule has 0 radical (unpaired) electrons. The summed E-state index contributed by atoms with van der Waals surface area (Å²) in [5, 5.41) is 0. The normalized spacial score (nSPS) is 45.8. The van der Waals surface area contributed by atoms with E-state index in [2.05, 4.69) is 65.8 Å². The first-order valence-electron chi connectivity index (χ1n) is 16.1. The Balaban J connectivity index is 4.11. The monoisotopic (exact) mass is 860 g/mol. The molecule has 0 amide bonds. The second kappa shape index (κ2) is 17.1. The molecule has 0 aromatic rings. The molecule has 1 aliphatic heterocycles. The van der Waals surface area contributed by atoms with Gasteiger partial charge in [0.25, 0.3) is 0 Å². The zero-order chi connectivity index (χ0) is 39.1. The second-order valence-electron chi connectivity index (χ2n) is 13.2. The van der Waals surface area contributed by atoms with E-state index in [0.29, 0.717) is 0 Å². The fourth-order valence-electron chi connectivity index (χ4n) is 5.07. The Morgan fingerprint density at radius 2 is 0.260 bits per heavy atom. The third-order valence-corrected chi connectivity index (χ3v) is 47.6. The van der Waals surface area contributed by atoms with Crippen molar-refractivity contribution >= 4 is 85.6 Å². The summed E-state index contributed by atoms with van der Waals surface area (Å²) >= 11 is 0. The van der Waals surface area contributed by atoms with Gasteiger partial charge in [-0.1, -0.05) is 57.0 Å². The highest BCUT2D eigenvalue weighted by Gasteiger charge is 2.56. The molecule has 280 valence electrons. The third-order valence-electron chi connectivity index (χ3n) is 7.76. The highest BCUT2D eigenvalue weighted by Crippen LogP contribution is 2.34. The minimum absolute atomic E-state index is 1.69. The fourth-order valence-corrected chi connectivity index (χ4v) is 49.3. The molecule has 1 fully saturated rings. The van der Waals surface area contributed by atoms with Gasteiger partial charge in [-0.15, -0.1) is 65.8 Å². The van der Waals surface area contributed by atoms with E-state index >= 15 is 0 Å². The molecule has 20 heteroatoms. The molecular weight excluding hydrogens is 801 g/mol. The summed E-state index contributed by atoms with van der Waals surface area (Å²) in [5.74, 6) is 0. The zero-order valence-electron chi connectivity index (χ0n) is 31.9. The van der Waals surface area contributed by atoms with E-state index in [1.165, 1.54) is 0 Å². The first-order chi connectivity index (χ1) is 22.7. The molecule has 0 aromatic carbocycles. The number of hydrogen-bond donors (Lipinski definition) is 0. The van der Waals surface area contributed by atoms with Gasteiger partial charge in [-0.2, -0.15) is 0 Å². The SMILES string of the molecule is C=C[Si]1(C)O[Si](C)(C=C)O[Si](C)(C=C)O[Si](C)(C=C)O[Si](C)(C=C)O[Si](C)(C=C)O[Si](C)(C=C)O[Si](C)(C=C)O[Si](C)(C=C)O[Si](C)(C=C)O1. The predicted molar refractivity (Wildman–Crippen MR) is 229 cm³/mol. The van der Waals surface area contributed by atoms with Crippen LogP contribution in [-0.4, -0.2) is 85.6 Å². The zero-order valence-corrected chi connectivity index (χ0v) is 41.9. The highest BCUT2D eigenvalue weighted by molar-refractivity contribution is 7.00. The van der Waals surface area contributed by atoms with E-state index in [4.69, 9.17) is 41.2 Å². The van der Waals surface area contributed by atoms with Gasteiger partial charge in [-0.25, -0.2) is 0 Å². The van der Waals surface area contributed by atoms with Gasteiger partial charge < -0.3 is 41.2 Å². The second-order valence-corrected chi connectivity index (χ2v) is 45.8. The summed E-state index contributed by atoms with van der Waals surface area (Å²) in [6.07, 6.45) is 0. The minimum Gasteiger partial charge on any atom is -0.410 e. The summed E-state index contributed by atoms with van der Waals surface area (Å²) in [7, 11) is -32.8. The number of rotatable bonds is 10. The Hall–Kier alpha value is -0.831. The van der Waals surface area contributed by atoms with Gasteiger partial charge in [0.2, 0.25) is 0 Å². The van der Waals surface area contributed by atoms with E-state index in [-0.39, 0.29) is 0 Å². The van der Waals surface area contributed by atoms with Crippen LogP contribution >= 0.6 is 0 Å². The molecular formula is C30H60O10Si10. The Labute approximate surface area is 313 Å². The van der Waals surface area contributed by atoms with Crippen LogP contribution in [0.5, 0.6) is 0 Å². The van der Waals surface area contributed by atoms with Crippen LogP contribution in [0.2, 0.25) is 65.5 Å². The van der Waals surface area contributed by atoms with Crippen LogP contribution in [0, 0.1) is 0 Å². The van der Waals surface area contributed by atoms with E-state index < -0.39 is 85.6 Å². The van der Waals surface area contributed by atoms with Crippen molar-refractivity contribution in [3.63, 3.8) is 0 Å². The molecule has 1 aliphatic rings. The molecule has 0 saturated carbocycles. The molecule has 1 rings (SSSR count). The van der Waals surface area contributed by atoms with E-state index in [1.54, 1.807) is 57.0 Å². The molecule has 10 nitrogen and oxygen atoms in total. The Bertz CT molecular complexity index is 1010. The summed E-state index contributed by atoms with van der Waals surface area (Å²) in [5.41, 5.74) is 16.9. The van der Waals surface area contributed by atoms with Crippen molar-refractivity contribution in [2.24, 2.45) is 0 Å². The van der Waals surface area contributed by atoms with Crippen LogP contribution in [0.1, 0.15) is 0 Å². The molecule has 0 unspecified atom stereocenters. The minimum atomic E-state index is -3.28. The average Bonchev–Trinajstić information content (AvgIpc) is 3.03. The smallest absolute Gasteiger partial charge is 0.344 e. The lowest BCUT2D eigenvalue weighted by atomic mass is 11.3. The lowest BCUT2D eigenvalue weighted by Crippen LogP contribution is -2.65. The van der Waals surface area contributed by atoms with Gasteiger partial charge in [0.15, 0.2) is 0 Å². The van der Waals surface area contributed by atoms with E-state index in [0.717, 1.165) is 0 Å². The van der Waals surface area contributed by atoms with Gasteiger partial charge in [0.05, 0.1) is 0 Å². The maximum atomic E-state index is 6.83. The van der Waals surface area contributed by atoms with Crippen molar-refractivity contribution in [2.75, 3.05) is 0 Å². The quantitative estimate of drug-likeness (QED) is 0.201. The van der Waals surface area contributed by atoms with Crippen LogP contribution in [0.3, 0.4) is 0 Å². The van der Waals surface area contributed by atoms with Gasteiger partial charge in [-0.3, -0.25) is 0 Å². The Morgan fingerprint density at radius 1 is 0.200 bits per heavy atom. The molecule has 0 atom stereocenters. The van der Waals surface area contributed by atoms with Gasteiger partial charge >= 0.3 is 85.6 Å². The molecule has 1 heterocycles.